The van der Waals surface area contributed by atoms with E-state index >= 15 is 0 Å². The molecule has 2 amide bonds. The summed E-state index contributed by atoms with van der Waals surface area (Å²) < 4.78 is 56.9. The number of fused-ring (bicyclic) bond motifs is 3. The molecule has 5 atom stereocenters. The summed E-state index contributed by atoms with van der Waals surface area (Å²) in [4.78, 5) is 27.4. The number of ether oxygens (including phenoxy) is 10. The standard InChI is InChI=1S/C36H37NO5.C29H31NO5.C26H27NO2.2H3P/c1-4-40-33-17-12-29(13-18-33)26-41-35(38)37(25-28-8-6-5-7-9-28)31-14-19-34-30(24-31)21-23-36(2,42-34)22-20-27-10-15-32(39-3)16-11-27;1-4-33-26-12-7-22(8-13-26)20-34-28(31)30-24-9-14-27-23(19-24)16-18-29(2,35-27)17-15-21-5-10-25(32-3)11-6-21;1-26(16-14-20-8-11-24(28-2)12-9-20)17-15-22-18-23(10-13-25(22)29-26)27-19-21-6-4-3-5-7-21;;/h5-19,21,23-24H,4,20,22,25-26H2,1-3H3;5-14,16,18-19H,4,15,17,20H2,1-3H3,(H,30,31);3-13,15,17-18,27H,14,16,19H2,1-2H3;2*1H3. The predicted octanol–water partition coefficient (Wildman–Crippen LogP) is 21.1. The number of methoxy groups -OCH3 is 3. The fraction of sp³-hybridized carbons (Fsp3) is 0.253. The number of nitrogens with one attached hydrogen (secondary N) is 2. The summed E-state index contributed by atoms with van der Waals surface area (Å²) in [6.45, 7) is 13.0. The first kappa shape index (κ1) is 81.1. The second-order valence-corrected chi connectivity index (χ2v) is 26.8. The number of aryl methyl sites for hydroxylation is 3. The van der Waals surface area contributed by atoms with Gasteiger partial charge in [0.2, 0.25) is 0 Å². The quantitative estimate of drug-likeness (QED) is 0.0470. The monoisotopic (exact) mass is 1490 g/mol. The summed E-state index contributed by atoms with van der Waals surface area (Å²) in [7, 11) is 5.03. The molecule has 0 saturated carbocycles. The summed E-state index contributed by atoms with van der Waals surface area (Å²) in [5.41, 5.74) is 12.1. The minimum absolute atomic E-state index is 0. The van der Waals surface area contributed by atoms with Gasteiger partial charge in [-0.15, -0.1) is 0 Å². The highest BCUT2D eigenvalue weighted by Crippen LogP contribution is 2.40. The Morgan fingerprint density at radius 1 is 0.398 bits per heavy atom. The predicted molar refractivity (Wildman–Crippen MR) is 445 cm³/mol. The van der Waals surface area contributed by atoms with Crippen LogP contribution in [0.1, 0.15) is 110 Å². The van der Waals surface area contributed by atoms with Crippen LogP contribution in [0.2, 0.25) is 0 Å². The summed E-state index contributed by atoms with van der Waals surface area (Å²) in [6, 6.07) is 77.6. The van der Waals surface area contributed by atoms with Gasteiger partial charge in [-0.1, -0.05) is 140 Å². The van der Waals surface area contributed by atoms with E-state index in [1.807, 2.05) is 178 Å². The Morgan fingerprint density at radius 3 is 1.19 bits per heavy atom. The normalized spacial score (nSPS) is 15.8. The zero-order chi connectivity index (χ0) is 74.1. The van der Waals surface area contributed by atoms with Gasteiger partial charge in [-0.05, 0) is 246 Å². The molecule has 108 heavy (non-hydrogen) atoms. The van der Waals surface area contributed by atoms with Crippen LogP contribution in [0, 0.1) is 0 Å². The molecule has 0 aromatic heterocycles. The Hall–Kier alpha value is -11.0. The molecule has 0 saturated heterocycles. The molecular weight excluding hydrogens is 1390 g/mol. The van der Waals surface area contributed by atoms with Gasteiger partial charge in [-0.2, -0.15) is 19.8 Å². The maximum atomic E-state index is 13.4. The van der Waals surface area contributed by atoms with Crippen LogP contribution in [-0.2, 0) is 55.0 Å². The van der Waals surface area contributed by atoms with Gasteiger partial charge in [-0.25, -0.2) is 9.59 Å². The van der Waals surface area contributed by atoms with E-state index in [9.17, 15) is 9.59 Å². The van der Waals surface area contributed by atoms with Gasteiger partial charge in [0.15, 0.2) is 0 Å². The van der Waals surface area contributed by atoms with Crippen molar-refractivity contribution in [3.05, 3.63) is 310 Å². The molecule has 0 bridgehead atoms. The molecule has 3 heterocycles. The highest BCUT2D eigenvalue weighted by Gasteiger charge is 2.31. The molecule has 10 aromatic rings. The number of benzene rings is 10. The number of carbonyl (C=O) groups excluding carboxylic acids is 2. The Labute approximate surface area is 643 Å². The van der Waals surface area contributed by atoms with Gasteiger partial charge in [-0.3, -0.25) is 10.2 Å². The fourth-order valence-corrected chi connectivity index (χ4v) is 12.3. The highest BCUT2D eigenvalue weighted by atomic mass is 31.0. The van der Waals surface area contributed by atoms with E-state index in [-0.39, 0.29) is 38.6 Å². The molecular formula is C91H101N3O12P2. The summed E-state index contributed by atoms with van der Waals surface area (Å²) in [5.74, 6) is 6.70. The summed E-state index contributed by atoms with van der Waals surface area (Å²) in [6.07, 6.45) is 17.1. The largest absolute Gasteiger partial charge is 0.497 e. The van der Waals surface area contributed by atoms with Crippen molar-refractivity contribution in [3.8, 4) is 46.0 Å². The molecule has 0 aliphatic carbocycles. The lowest BCUT2D eigenvalue weighted by molar-refractivity contribution is 0.127. The minimum Gasteiger partial charge on any atom is -0.497 e. The van der Waals surface area contributed by atoms with Crippen LogP contribution in [0.5, 0.6) is 46.0 Å². The molecule has 17 heteroatoms. The second-order valence-electron chi connectivity index (χ2n) is 26.8. The molecule has 3 aliphatic heterocycles. The first-order valence-corrected chi connectivity index (χ1v) is 36.1. The summed E-state index contributed by atoms with van der Waals surface area (Å²) in [5, 5.41) is 6.27. The van der Waals surface area contributed by atoms with E-state index in [0.717, 1.165) is 136 Å². The highest BCUT2D eigenvalue weighted by molar-refractivity contribution is 6.92. The van der Waals surface area contributed by atoms with Crippen molar-refractivity contribution in [2.75, 3.05) is 50.1 Å². The van der Waals surface area contributed by atoms with Crippen molar-refractivity contribution in [1.82, 2.24) is 0 Å². The molecule has 0 spiro atoms. The zero-order valence-corrected chi connectivity index (χ0v) is 66.1. The fourth-order valence-electron chi connectivity index (χ4n) is 12.3. The van der Waals surface area contributed by atoms with Gasteiger partial charge in [0, 0.05) is 40.3 Å². The van der Waals surface area contributed by atoms with Crippen LogP contribution in [0.4, 0.5) is 26.7 Å². The van der Waals surface area contributed by atoms with Crippen LogP contribution in [0.15, 0.2) is 255 Å². The number of rotatable bonds is 27. The van der Waals surface area contributed by atoms with Crippen LogP contribution >= 0.6 is 19.8 Å². The molecule has 562 valence electrons. The average Bonchev–Trinajstić information content (AvgIpc) is 0.801. The minimum atomic E-state index is -0.510. The van der Waals surface area contributed by atoms with Crippen molar-refractivity contribution in [1.29, 1.82) is 0 Å². The Balaban J connectivity index is 0.000000188. The van der Waals surface area contributed by atoms with E-state index in [0.29, 0.717) is 25.4 Å². The van der Waals surface area contributed by atoms with Gasteiger partial charge in [0.05, 0.1) is 41.1 Å². The van der Waals surface area contributed by atoms with Crippen molar-refractivity contribution >= 4 is 67.3 Å². The number of hydrogen-bond donors (Lipinski definition) is 2. The first-order valence-electron chi connectivity index (χ1n) is 36.1. The van der Waals surface area contributed by atoms with Crippen molar-refractivity contribution in [3.63, 3.8) is 0 Å². The van der Waals surface area contributed by atoms with E-state index in [2.05, 4.69) is 141 Å². The van der Waals surface area contributed by atoms with Crippen LogP contribution in [0.25, 0.3) is 18.2 Å². The lowest BCUT2D eigenvalue weighted by Crippen LogP contribution is -2.33. The molecule has 3 aliphatic rings. The molecule has 5 unspecified atom stereocenters. The topological polar surface area (TPSA) is 154 Å². The molecule has 2 N–H and O–H groups in total. The van der Waals surface area contributed by atoms with E-state index < -0.39 is 23.4 Å². The third kappa shape index (κ3) is 23.8. The molecule has 0 fully saturated rings. The van der Waals surface area contributed by atoms with Gasteiger partial charge in [0.25, 0.3) is 0 Å². The lowest BCUT2D eigenvalue weighted by Gasteiger charge is -2.32. The van der Waals surface area contributed by atoms with Crippen LogP contribution < -0.4 is 53.4 Å². The third-order valence-electron chi connectivity index (χ3n) is 18.6. The number of hydrogen-bond acceptors (Lipinski definition) is 13. The maximum Gasteiger partial charge on any atom is 0.414 e. The van der Waals surface area contributed by atoms with Gasteiger partial charge < -0.3 is 52.7 Å². The van der Waals surface area contributed by atoms with Crippen molar-refractivity contribution in [2.45, 2.75) is 116 Å². The first-order chi connectivity index (χ1) is 51.5. The molecule has 13 rings (SSSR count). The molecule has 15 nitrogen and oxygen atoms in total. The van der Waals surface area contributed by atoms with Crippen molar-refractivity contribution in [2.24, 2.45) is 0 Å². The summed E-state index contributed by atoms with van der Waals surface area (Å²) >= 11 is 0. The van der Waals surface area contributed by atoms with Crippen LogP contribution in [0.3, 0.4) is 0 Å². The maximum absolute atomic E-state index is 13.4. The zero-order valence-electron chi connectivity index (χ0n) is 63.2. The number of amides is 2. The third-order valence-corrected chi connectivity index (χ3v) is 18.6. The Kier molecular flexibility index (Phi) is 29.7. The number of nitrogens with zero attached hydrogens (tertiary/aromatic N) is 1. The second kappa shape index (κ2) is 39.6. The SMILES string of the molecule is CCOc1ccc(COC(=O)N(Cc2ccccc2)c2ccc3c(c2)C=CC(C)(CCc2ccc(OC)cc2)O3)cc1.CCOc1ccc(COC(=O)Nc2ccc3c(c2)C=CC(C)(CCc2ccc(OC)cc2)O3)cc1.COc1ccc(CCC2(C)C=Cc3cc(NCc4ccccc4)ccc3O2)cc1.P.P. The molecule has 10 aromatic carbocycles. The van der Waals surface area contributed by atoms with E-state index in [1.165, 1.54) is 22.3 Å². The van der Waals surface area contributed by atoms with E-state index in [1.54, 1.807) is 26.2 Å². The van der Waals surface area contributed by atoms with Gasteiger partial charge in [0.1, 0.15) is 76.0 Å². The molecule has 0 radical (unpaired) electrons. The Bertz CT molecular complexity index is 4580. The van der Waals surface area contributed by atoms with Crippen LogP contribution in [-0.4, -0.2) is 63.5 Å². The average molecular weight is 1490 g/mol. The lowest BCUT2D eigenvalue weighted by atomic mass is 9.93. The van der Waals surface area contributed by atoms with Gasteiger partial charge >= 0.3 is 12.2 Å². The van der Waals surface area contributed by atoms with E-state index in [4.69, 9.17) is 47.4 Å². The number of carbonyl (C=O) groups is 2. The number of anilines is 3. The van der Waals surface area contributed by atoms with Crippen molar-refractivity contribution < 1.29 is 57.0 Å². The Morgan fingerprint density at radius 2 is 0.769 bits per heavy atom. The smallest absolute Gasteiger partial charge is 0.414 e.